The van der Waals surface area contributed by atoms with Gasteiger partial charge in [0.05, 0.1) is 25.3 Å². The van der Waals surface area contributed by atoms with Crippen LogP contribution in [0.1, 0.15) is 34.7 Å². The molecule has 0 aliphatic heterocycles. The minimum absolute atomic E-state index is 0.0975. The minimum atomic E-state index is -0.601. The van der Waals surface area contributed by atoms with E-state index in [-0.39, 0.29) is 36.8 Å². The Kier molecular flexibility index (Phi) is 5.57. The number of hydrogen-bond acceptors (Lipinski definition) is 5. The van der Waals surface area contributed by atoms with E-state index in [2.05, 4.69) is 4.98 Å². The summed E-state index contributed by atoms with van der Waals surface area (Å²) in [6, 6.07) is 7.08. The van der Waals surface area contributed by atoms with E-state index in [1.165, 1.54) is 11.9 Å². The second-order valence-electron chi connectivity index (χ2n) is 5.12. The maximum atomic E-state index is 12.7. The van der Waals surface area contributed by atoms with E-state index < -0.39 is 12.1 Å². The third-order valence-electron chi connectivity index (χ3n) is 3.42. The number of hydrogen-bond donors (Lipinski definition) is 1. The normalized spacial score (nSPS) is 10.5. The number of nitrogens with one attached hydrogen (secondary N) is 1. The summed E-state index contributed by atoms with van der Waals surface area (Å²) < 4.78 is 9.87. The smallest absolute Gasteiger partial charge is 0.409 e. The van der Waals surface area contributed by atoms with E-state index in [9.17, 15) is 14.4 Å². The van der Waals surface area contributed by atoms with Gasteiger partial charge in [-0.1, -0.05) is 18.2 Å². The molecule has 0 unspecified atom stereocenters. The molecule has 0 aliphatic carbocycles. The van der Waals surface area contributed by atoms with E-state index in [0.717, 1.165) is 0 Å². The van der Waals surface area contributed by atoms with Gasteiger partial charge in [0.2, 0.25) is 0 Å². The topological polar surface area (TPSA) is 88.7 Å². The van der Waals surface area contributed by atoms with Crippen molar-refractivity contribution in [3.63, 3.8) is 0 Å². The molecular weight excluding hydrogens is 312 g/mol. The van der Waals surface area contributed by atoms with Crippen LogP contribution >= 0.6 is 0 Å². The SMILES string of the molecule is CCOC(=O)c1[nH]c2ccccc2c1C(=O)CN(C)C(=O)OCC. The Morgan fingerprint density at radius 1 is 1.08 bits per heavy atom. The van der Waals surface area contributed by atoms with Crippen molar-refractivity contribution in [2.45, 2.75) is 13.8 Å². The van der Waals surface area contributed by atoms with Crippen LogP contribution in [0.25, 0.3) is 10.9 Å². The molecule has 1 N–H and O–H groups in total. The first-order valence-electron chi connectivity index (χ1n) is 7.68. The van der Waals surface area contributed by atoms with Crippen LogP contribution in [0.3, 0.4) is 0 Å². The first-order chi connectivity index (χ1) is 11.5. The molecule has 0 saturated heterocycles. The molecule has 0 radical (unpaired) electrons. The molecule has 0 aliphatic rings. The molecule has 0 fully saturated rings. The highest BCUT2D eigenvalue weighted by Crippen LogP contribution is 2.24. The number of fused-ring (bicyclic) bond motifs is 1. The number of likely N-dealkylation sites (N-methyl/N-ethyl adjacent to an activating group) is 1. The summed E-state index contributed by atoms with van der Waals surface area (Å²) in [6.07, 6.45) is -0.594. The molecule has 7 heteroatoms. The quantitative estimate of drug-likeness (QED) is 0.649. The molecule has 2 rings (SSSR count). The molecule has 1 amide bonds. The lowest BCUT2D eigenvalue weighted by molar-refractivity contribution is 0.0517. The second-order valence-corrected chi connectivity index (χ2v) is 5.12. The fourth-order valence-corrected chi connectivity index (χ4v) is 2.38. The molecule has 1 aromatic heterocycles. The van der Waals surface area contributed by atoms with Gasteiger partial charge >= 0.3 is 12.1 Å². The number of Topliss-reactive ketones (excluding diaryl/α,β-unsaturated/α-hetero) is 1. The van der Waals surface area contributed by atoms with Crippen molar-refractivity contribution in [1.82, 2.24) is 9.88 Å². The number of benzene rings is 1. The number of nitrogens with zero attached hydrogens (tertiary/aromatic N) is 1. The zero-order valence-electron chi connectivity index (χ0n) is 13.9. The summed E-state index contributed by atoms with van der Waals surface area (Å²) in [4.78, 5) is 40.6. The number of para-hydroxylation sites is 1. The zero-order valence-corrected chi connectivity index (χ0v) is 13.9. The van der Waals surface area contributed by atoms with Crippen LogP contribution in [-0.2, 0) is 9.47 Å². The van der Waals surface area contributed by atoms with Crippen LogP contribution in [0.2, 0.25) is 0 Å². The average molecular weight is 332 g/mol. The highest BCUT2D eigenvalue weighted by molar-refractivity contribution is 6.16. The molecule has 0 atom stereocenters. The Morgan fingerprint density at radius 3 is 2.42 bits per heavy atom. The number of H-pyrrole nitrogens is 1. The first kappa shape index (κ1) is 17.5. The minimum Gasteiger partial charge on any atom is -0.461 e. The Morgan fingerprint density at radius 2 is 1.75 bits per heavy atom. The van der Waals surface area contributed by atoms with Gasteiger partial charge in [0.15, 0.2) is 5.78 Å². The Hall–Kier alpha value is -2.83. The number of carbonyl (C=O) groups excluding carboxylic acids is 3. The van der Waals surface area contributed by atoms with Gasteiger partial charge in [-0.2, -0.15) is 0 Å². The fourth-order valence-electron chi connectivity index (χ4n) is 2.38. The third kappa shape index (κ3) is 3.56. The van der Waals surface area contributed by atoms with Crippen LogP contribution < -0.4 is 0 Å². The van der Waals surface area contributed by atoms with Crippen LogP contribution in [-0.4, -0.2) is 54.5 Å². The van der Waals surface area contributed by atoms with E-state index in [4.69, 9.17) is 9.47 Å². The number of ether oxygens (including phenoxy) is 2. The maximum absolute atomic E-state index is 12.7. The Bertz CT molecular complexity index is 765. The van der Waals surface area contributed by atoms with Crippen LogP contribution in [0, 0.1) is 0 Å². The van der Waals surface area contributed by atoms with Gasteiger partial charge in [0, 0.05) is 18.0 Å². The Labute approximate surface area is 139 Å². The summed E-state index contributed by atoms with van der Waals surface area (Å²) in [5.41, 5.74) is 0.975. The van der Waals surface area contributed by atoms with Crippen molar-refractivity contribution in [3.8, 4) is 0 Å². The summed E-state index contributed by atoms with van der Waals surface area (Å²) in [5, 5.41) is 0.614. The van der Waals surface area contributed by atoms with Gasteiger partial charge in [-0.15, -0.1) is 0 Å². The summed E-state index contributed by atoms with van der Waals surface area (Å²) in [5.74, 6) is -0.970. The number of amides is 1. The first-order valence-corrected chi connectivity index (χ1v) is 7.68. The molecule has 1 heterocycles. The molecule has 1 aromatic carbocycles. The molecule has 24 heavy (non-hydrogen) atoms. The second kappa shape index (κ2) is 7.63. The number of aromatic nitrogens is 1. The standard InChI is InChI=1S/C17H20N2O5/c1-4-23-16(21)15-14(11-8-6-7-9-12(11)18-15)13(20)10-19(3)17(22)24-5-2/h6-9,18H,4-5,10H2,1-3H3. The summed E-state index contributed by atoms with van der Waals surface area (Å²) >= 11 is 0. The van der Waals surface area contributed by atoms with E-state index >= 15 is 0 Å². The Balaban J connectivity index is 2.38. The van der Waals surface area contributed by atoms with Gasteiger partial charge in [-0.3, -0.25) is 4.79 Å². The predicted molar refractivity (Wildman–Crippen MR) is 88.2 cm³/mol. The van der Waals surface area contributed by atoms with E-state index in [0.29, 0.717) is 10.9 Å². The van der Waals surface area contributed by atoms with Crippen molar-refractivity contribution in [1.29, 1.82) is 0 Å². The number of aromatic amines is 1. The number of esters is 1. The molecule has 128 valence electrons. The van der Waals surface area contributed by atoms with Crippen molar-refractivity contribution in [2.75, 3.05) is 26.8 Å². The lowest BCUT2D eigenvalue weighted by Gasteiger charge is -2.15. The van der Waals surface area contributed by atoms with E-state index in [1.807, 2.05) is 0 Å². The lowest BCUT2D eigenvalue weighted by Crippen LogP contribution is -2.33. The number of carbonyl (C=O) groups is 3. The van der Waals surface area contributed by atoms with Crippen molar-refractivity contribution < 1.29 is 23.9 Å². The van der Waals surface area contributed by atoms with Gasteiger partial charge in [0.25, 0.3) is 0 Å². The number of ketones is 1. The van der Waals surface area contributed by atoms with Crippen molar-refractivity contribution >= 4 is 28.7 Å². The highest BCUT2D eigenvalue weighted by atomic mass is 16.6. The monoisotopic (exact) mass is 332 g/mol. The zero-order chi connectivity index (χ0) is 17.7. The van der Waals surface area contributed by atoms with Crippen LogP contribution in [0.5, 0.6) is 0 Å². The molecule has 0 bridgehead atoms. The van der Waals surface area contributed by atoms with Gasteiger partial charge in [-0.05, 0) is 19.9 Å². The van der Waals surface area contributed by atoms with Crippen LogP contribution in [0.4, 0.5) is 4.79 Å². The number of rotatable bonds is 6. The average Bonchev–Trinajstić information content (AvgIpc) is 2.94. The summed E-state index contributed by atoms with van der Waals surface area (Å²) in [7, 11) is 1.47. The van der Waals surface area contributed by atoms with Crippen molar-refractivity contribution in [3.05, 3.63) is 35.5 Å². The van der Waals surface area contributed by atoms with Crippen molar-refractivity contribution in [2.24, 2.45) is 0 Å². The molecule has 2 aromatic rings. The van der Waals surface area contributed by atoms with Gasteiger partial charge < -0.3 is 19.4 Å². The summed E-state index contributed by atoms with van der Waals surface area (Å²) in [6.45, 7) is 3.60. The third-order valence-corrected chi connectivity index (χ3v) is 3.42. The molecule has 0 spiro atoms. The van der Waals surface area contributed by atoms with Crippen LogP contribution in [0.15, 0.2) is 24.3 Å². The lowest BCUT2D eigenvalue weighted by atomic mass is 10.1. The van der Waals surface area contributed by atoms with E-state index in [1.54, 1.807) is 38.1 Å². The molecule has 0 saturated carbocycles. The molecule has 7 nitrogen and oxygen atoms in total. The fraction of sp³-hybridized carbons (Fsp3) is 0.353. The largest absolute Gasteiger partial charge is 0.461 e. The van der Waals surface area contributed by atoms with Gasteiger partial charge in [0.1, 0.15) is 5.69 Å². The maximum Gasteiger partial charge on any atom is 0.409 e. The highest BCUT2D eigenvalue weighted by Gasteiger charge is 2.25. The molecular formula is C17H20N2O5. The van der Waals surface area contributed by atoms with Gasteiger partial charge in [-0.25, -0.2) is 9.59 Å². The predicted octanol–water partition coefficient (Wildman–Crippen LogP) is 2.62.